The number of piperidine rings is 1. The van der Waals surface area contributed by atoms with Gasteiger partial charge in [-0.1, -0.05) is 11.6 Å². The summed E-state index contributed by atoms with van der Waals surface area (Å²) in [5.74, 6) is 0.0776. The van der Waals surface area contributed by atoms with Gasteiger partial charge in [-0.2, -0.15) is 0 Å². The zero-order chi connectivity index (χ0) is 13.9. The number of aryl methyl sites for hydroxylation is 1. The minimum Gasteiger partial charge on any atom is -0.318 e. The molecule has 2 aromatic heterocycles. The van der Waals surface area contributed by atoms with E-state index in [2.05, 4.69) is 20.9 Å². The van der Waals surface area contributed by atoms with Crippen molar-refractivity contribution in [2.24, 2.45) is 5.92 Å². The lowest BCUT2D eigenvalue weighted by atomic mass is 9.85. The number of nitrogens with zero attached hydrogens (tertiary/aromatic N) is 2. The first-order valence-corrected chi connectivity index (χ1v) is 7.30. The zero-order valence-corrected chi connectivity index (χ0v) is 11.9. The molecule has 4 heterocycles. The van der Waals surface area contributed by atoms with Crippen LogP contribution in [0.2, 0.25) is 5.15 Å². The lowest BCUT2D eigenvalue weighted by Gasteiger charge is -2.37. The molecule has 2 atom stereocenters. The van der Waals surface area contributed by atoms with Crippen LogP contribution in [0.1, 0.15) is 18.4 Å². The summed E-state index contributed by atoms with van der Waals surface area (Å²) < 4.78 is 16.3. The number of aromatic nitrogens is 2. The van der Waals surface area contributed by atoms with Gasteiger partial charge in [0.15, 0.2) is 11.0 Å². The number of nitrogens with one attached hydrogen (secondary N) is 1. The second kappa shape index (κ2) is 4.30. The largest absolute Gasteiger partial charge is 0.318 e. The fourth-order valence-corrected chi connectivity index (χ4v) is 3.59. The lowest BCUT2D eigenvalue weighted by Crippen LogP contribution is -2.43. The third kappa shape index (κ3) is 1.64. The van der Waals surface area contributed by atoms with Crippen LogP contribution < -0.4 is 5.32 Å². The number of hydrogen-bond acceptors (Lipinski definition) is 2. The maximum absolute atomic E-state index is 14.2. The lowest BCUT2D eigenvalue weighted by molar-refractivity contribution is 0.366. The maximum Gasteiger partial charge on any atom is 0.170 e. The van der Waals surface area contributed by atoms with Gasteiger partial charge in [-0.25, -0.2) is 9.37 Å². The van der Waals surface area contributed by atoms with Crippen LogP contribution in [0, 0.1) is 18.7 Å². The number of hydrogen-bond donors (Lipinski definition) is 1. The first kappa shape index (κ1) is 12.4. The third-order valence-corrected chi connectivity index (χ3v) is 4.72. The zero-order valence-electron chi connectivity index (χ0n) is 11.2. The van der Waals surface area contributed by atoms with E-state index in [4.69, 9.17) is 11.6 Å². The fourth-order valence-electron chi connectivity index (χ4n) is 3.45. The first-order valence-electron chi connectivity index (χ1n) is 6.92. The molecule has 3 aliphatic rings. The predicted octanol–water partition coefficient (Wildman–Crippen LogP) is 3.36. The molecule has 2 aliphatic heterocycles. The van der Waals surface area contributed by atoms with Crippen molar-refractivity contribution in [2.45, 2.75) is 25.8 Å². The van der Waals surface area contributed by atoms with Crippen LogP contribution >= 0.6 is 11.6 Å². The normalized spacial score (nSPS) is 25.2. The number of fused-ring (bicyclic) bond motifs is 3. The molecule has 2 unspecified atom stereocenters. The van der Waals surface area contributed by atoms with Gasteiger partial charge in [-0.15, -0.1) is 0 Å². The predicted molar refractivity (Wildman–Crippen MR) is 78.2 cm³/mol. The van der Waals surface area contributed by atoms with Gasteiger partial charge in [-0.05, 0) is 31.4 Å². The van der Waals surface area contributed by atoms with Crippen molar-refractivity contribution in [3.8, 4) is 0 Å². The molecule has 1 saturated heterocycles. The van der Waals surface area contributed by atoms with Crippen LogP contribution in [0.3, 0.4) is 0 Å². The second-order valence-electron chi connectivity index (χ2n) is 5.69. The average molecular weight is 292 g/mol. The fraction of sp³-hybridized carbons (Fsp3) is 0.400. The van der Waals surface area contributed by atoms with Crippen molar-refractivity contribution in [2.75, 3.05) is 6.54 Å². The molecule has 1 fully saturated rings. The molecule has 0 amide bonds. The molecule has 2 aromatic rings. The molecular formula is C15H15ClFN3. The standard InChI is InChI=1S/C15H15ClFN3/c1-8-7-20(11-4-10-3-2-9(11)5-18-10)12-6-19-15(16)14(17)13(8)12/h4,6-7,9-10,18H,2-3,5H2,1H3. The van der Waals surface area contributed by atoms with E-state index in [0.717, 1.165) is 17.6 Å². The highest BCUT2D eigenvalue weighted by molar-refractivity contribution is 6.30. The Balaban J connectivity index is 1.96. The highest BCUT2D eigenvalue weighted by Gasteiger charge is 2.30. The smallest absolute Gasteiger partial charge is 0.170 e. The molecular weight excluding hydrogens is 277 g/mol. The molecule has 1 N–H and O–H groups in total. The summed E-state index contributed by atoms with van der Waals surface area (Å²) in [6, 6.07) is 0.442. The summed E-state index contributed by atoms with van der Waals surface area (Å²) in [4.78, 5) is 3.96. The number of pyridine rings is 1. The van der Waals surface area contributed by atoms with Crippen molar-refractivity contribution in [1.82, 2.24) is 14.9 Å². The average Bonchev–Trinajstić information content (AvgIpc) is 2.82. The molecule has 0 spiro atoms. The van der Waals surface area contributed by atoms with Crippen molar-refractivity contribution in [1.29, 1.82) is 0 Å². The Morgan fingerprint density at radius 3 is 2.95 bits per heavy atom. The van der Waals surface area contributed by atoms with E-state index in [-0.39, 0.29) is 5.15 Å². The van der Waals surface area contributed by atoms with Crippen LogP contribution in [0.5, 0.6) is 0 Å². The van der Waals surface area contributed by atoms with Crippen LogP contribution in [0.25, 0.3) is 16.6 Å². The molecule has 0 radical (unpaired) electrons. The molecule has 5 heteroatoms. The Labute approximate surface area is 121 Å². The summed E-state index contributed by atoms with van der Waals surface area (Å²) >= 11 is 5.80. The van der Waals surface area contributed by atoms with Gasteiger partial charge in [0.1, 0.15) is 0 Å². The van der Waals surface area contributed by atoms with Gasteiger partial charge in [0.05, 0.1) is 11.7 Å². The minimum atomic E-state index is -0.417. The highest BCUT2D eigenvalue weighted by atomic mass is 35.5. The minimum absolute atomic E-state index is 0.0563. The number of halogens is 2. The summed E-state index contributed by atoms with van der Waals surface area (Å²) in [5, 5.41) is 4.02. The molecule has 2 bridgehead atoms. The Morgan fingerprint density at radius 2 is 2.30 bits per heavy atom. The summed E-state index contributed by atoms with van der Waals surface area (Å²) in [6.07, 6.45) is 8.31. The van der Waals surface area contributed by atoms with Gasteiger partial charge in [0, 0.05) is 35.8 Å². The van der Waals surface area contributed by atoms with Crippen molar-refractivity contribution in [3.63, 3.8) is 0 Å². The van der Waals surface area contributed by atoms with E-state index in [1.54, 1.807) is 6.20 Å². The van der Waals surface area contributed by atoms with Gasteiger partial charge in [-0.3, -0.25) is 0 Å². The maximum atomic E-state index is 14.2. The van der Waals surface area contributed by atoms with Gasteiger partial charge < -0.3 is 9.88 Å². The molecule has 20 heavy (non-hydrogen) atoms. The monoisotopic (exact) mass is 291 g/mol. The molecule has 3 nitrogen and oxygen atoms in total. The third-order valence-electron chi connectivity index (χ3n) is 4.45. The summed E-state index contributed by atoms with van der Waals surface area (Å²) in [5.41, 5.74) is 2.97. The van der Waals surface area contributed by atoms with Crippen molar-refractivity contribution >= 4 is 28.2 Å². The molecule has 5 rings (SSSR count). The molecule has 0 saturated carbocycles. The van der Waals surface area contributed by atoms with E-state index in [1.165, 1.54) is 18.5 Å². The van der Waals surface area contributed by atoms with E-state index in [1.807, 2.05) is 13.1 Å². The molecule has 0 aromatic carbocycles. The van der Waals surface area contributed by atoms with Crippen LogP contribution in [0.15, 0.2) is 18.5 Å². The van der Waals surface area contributed by atoms with Crippen LogP contribution in [0.4, 0.5) is 4.39 Å². The van der Waals surface area contributed by atoms with Crippen molar-refractivity contribution < 1.29 is 4.39 Å². The topological polar surface area (TPSA) is 29.9 Å². The van der Waals surface area contributed by atoms with Gasteiger partial charge in [0.25, 0.3) is 0 Å². The molecule has 1 aliphatic carbocycles. The van der Waals surface area contributed by atoms with E-state index in [9.17, 15) is 4.39 Å². The Kier molecular flexibility index (Phi) is 2.66. The second-order valence-corrected chi connectivity index (χ2v) is 6.04. The van der Waals surface area contributed by atoms with E-state index in [0.29, 0.717) is 17.3 Å². The van der Waals surface area contributed by atoms with E-state index < -0.39 is 5.82 Å². The summed E-state index contributed by atoms with van der Waals surface area (Å²) in [6.45, 7) is 2.91. The van der Waals surface area contributed by atoms with Gasteiger partial charge in [0.2, 0.25) is 0 Å². The SMILES string of the molecule is Cc1cn(C2=CC3CCC2CN3)c2cnc(Cl)c(F)c12. The highest BCUT2D eigenvalue weighted by Crippen LogP contribution is 2.36. The van der Waals surface area contributed by atoms with E-state index >= 15 is 0 Å². The van der Waals surface area contributed by atoms with Gasteiger partial charge >= 0.3 is 0 Å². The Hall–Kier alpha value is -1.39. The summed E-state index contributed by atoms with van der Waals surface area (Å²) in [7, 11) is 0. The van der Waals surface area contributed by atoms with Crippen LogP contribution in [-0.4, -0.2) is 22.1 Å². The van der Waals surface area contributed by atoms with Crippen molar-refractivity contribution in [3.05, 3.63) is 35.0 Å². The van der Waals surface area contributed by atoms with Crippen LogP contribution in [-0.2, 0) is 0 Å². The molecule has 104 valence electrons. The number of rotatable bonds is 1. The quantitative estimate of drug-likeness (QED) is 0.817. The first-order chi connectivity index (χ1) is 9.65. The Bertz CT molecular complexity index is 726. The Morgan fingerprint density at radius 1 is 1.45 bits per heavy atom.